The van der Waals surface area contributed by atoms with Gasteiger partial charge in [-0.3, -0.25) is 4.79 Å². The molecule has 11 nitrogen and oxygen atoms in total. The van der Waals surface area contributed by atoms with Gasteiger partial charge in [0.15, 0.2) is 0 Å². The number of rotatable bonds is 7. The SMILES string of the molecule is COc1ccc2c(c1)CC(NC(=O)N1CC(OC)C1)Cn1c-2c(C2CCCCC2)c2ccc(C(=O)NS(=O)(=O)N(C)C)cc21. The molecule has 1 aliphatic carbocycles. The van der Waals surface area contributed by atoms with Crippen LogP contribution in [0.15, 0.2) is 36.4 Å². The number of ether oxygens (including phenoxy) is 2. The highest BCUT2D eigenvalue weighted by molar-refractivity contribution is 7.87. The average molecular weight is 624 g/mol. The highest BCUT2D eigenvalue weighted by Gasteiger charge is 2.35. The first-order chi connectivity index (χ1) is 21.1. The first kappa shape index (κ1) is 30.4. The molecule has 6 rings (SSSR count). The monoisotopic (exact) mass is 623 g/mol. The van der Waals surface area contributed by atoms with E-state index in [1.54, 1.807) is 31.3 Å². The summed E-state index contributed by atoms with van der Waals surface area (Å²) in [6.07, 6.45) is 6.36. The Morgan fingerprint density at radius 1 is 0.977 bits per heavy atom. The number of carbonyl (C=O) groups is 2. The number of methoxy groups -OCH3 is 2. The predicted octanol–water partition coefficient (Wildman–Crippen LogP) is 3.87. The lowest BCUT2D eigenvalue weighted by Crippen LogP contribution is -2.59. The molecule has 44 heavy (non-hydrogen) atoms. The Hall–Kier alpha value is -3.61. The molecule has 0 spiro atoms. The van der Waals surface area contributed by atoms with Gasteiger partial charge in [-0.25, -0.2) is 9.52 Å². The second kappa shape index (κ2) is 12.1. The Morgan fingerprint density at radius 3 is 2.41 bits per heavy atom. The normalized spacial score (nSPS) is 19.2. The molecule has 12 heteroatoms. The van der Waals surface area contributed by atoms with Crippen LogP contribution in [-0.4, -0.2) is 87.7 Å². The van der Waals surface area contributed by atoms with Crippen LogP contribution in [0.1, 0.15) is 59.5 Å². The largest absolute Gasteiger partial charge is 0.497 e. The van der Waals surface area contributed by atoms with Crippen LogP contribution in [0.2, 0.25) is 0 Å². The molecule has 1 aromatic heterocycles. The van der Waals surface area contributed by atoms with Crippen LogP contribution in [-0.2, 0) is 27.9 Å². The van der Waals surface area contributed by atoms with E-state index in [1.807, 2.05) is 12.1 Å². The minimum Gasteiger partial charge on any atom is -0.497 e. The standard InChI is InChI=1S/C32H41N5O6S/c1-35(2)44(40,41)34-31(38)21-10-12-27-28(16-21)37-17-23(33-32(39)36-18-25(19-36)43-4)14-22-15-24(42-3)11-13-26(22)30(37)29(27)20-8-6-5-7-9-20/h10-13,15-16,20,23,25H,5-9,14,17-19H2,1-4H3,(H,33,39)(H,34,38). The summed E-state index contributed by atoms with van der Waals surface area (Å²) < 4.78 is 41.2. The molecule has 3 aromatic rings. The topological polar surface area (TPSA) is 122 Å². The van der Waals surface area contributed by atoms with Gasteiger partial charge in [0.05, 0.1) is 38.0 Å². The van der Waals surface area contributed by atoms with E-state index in [4.69, 9.17) is 9.47 Å². The Morgan fingerprint density at radius 2 is 1.73 bits per heavy atom. The lowest BCUT2D eigenvalue weighted by molar-refractivity contribution is -0.00828. The number of fused-ring (bicyclic) bond motifs is 5. The zero-order valence-corrected chi connectivity index (χ0v) is 26.6. The van der Waals surface area contributed by atoms with Gasteiger partial charge in [0.1, 0.15) is 5.75 Å². The van der Waals surface area contributed by atoms with E-state index in [9.17, 15) is 18.0 Å². The van der Waals surface area contributed by atoms with Gasteiger partial charge in [0.25, 0.3) is 5.91 Å². The molecule has 0 radical (unpaired) electrons. The number of nitrogens with one attached hydrogen (secondary N) is 2. The highest BCUT2D eigenvalue weighted by atomic mass is 32.2. The molecule has 3 aliphatic rings. The van der Waals surface area contributed by atoms with Crippen LogP contribution < -0.4 is 14.8 Å². The summed E-state index contributed by atoms with van der Waals surface area (Å²) in [5.41, 5.74) is 5.64. The van der Waals surface area contributed by atoms with Gasteiger partial charge in [-0.2, -0.15) is 12.7 Å². The molecule has 3 heterocycles. The van der Waals surface area contributed by atoms with E-state index < -0.39 is 16.1 Å². The Kier molecular flexibility index (Phi) is 8.33. The quantitative estimate of drug-likeness (QED) is 0.412. The summed E-state index contributed by atoms with van der Waals surface area (Å²) in [4.78, 5) is 28.2. The molecule has 1 saturated carbocycles. The van der Waals surface area contributed by atoms with Crippen LogP contribution in [0.3, 0.4) is 0 Å². The zero-order chi connectivity index (χ0) is 31.2. The van der Waals surface area contributed by atoms with Crippen molar-refractivity contribution in [1.82, 2.24) is 23.8 Å². The molecule has 1 saturated heterocycles. The van der Waals surface area contributed by atoms with Crippen LogP contribution in [0.5, 0.6) is 5.75 Å². The van der Waals surface area contributed by atoms with Gasteiger partial charge in [-0.1, -0.05) is 25.3 Å². The van der Waals surface area contributed by atoms with Gasteiger partial charge in [-0.15, -0.1) is 0 Å². The van der Waals surface area contributed by atoms with Gasteiger partial charge >= 0.3 is 16.2 Å². The van der Waals surface area contributed by atoms with E-state index in [-0.39, 0.29) is 23.7 Å². The number of aromatic nitrogens is 1. The molecular weight excluding hydrogens is 582 g/mol. The van der Waals surface area contributed by atoms with Crippen molar-refractivity contribution in [2.45, 2.75) is 63.1 Å². The summed E-state index contributed by atoms with van der Waals surface area (Å²) in [6.45, 7) is 1.60. The van der Waals surface area contributed by atoms with Crippen molar-refractivity contribution in [3.63, 3.8) is 0 Å². The first-order valence-electron chi connectivity index (χ1n) is 15.3. The number of urea groups is 1. The van der Waals surface area contributed by atoms with Crippen molar-refractivity contribution in [1.29, 1.82) is 0 Å². The van der Waals surface area contributed by atoms with Crippen LogP contribution in [0.4, 0.5) is 4.79 Å². The summed E-state index contributed by atoms with van der Waals surface area (Å²) in [5.74, 6) is 0.415. The van der Waals surface area contributed by atoms with Crippen molar-refractivity contribution >= 4 is 33.1 Å². The van der Waals surface area contributed by atoms with E-state index in [0.717, 1.165) is 63.5 Å². The molecule has 3 amide bonds. The van der Waals surface area contributed by atoms with E-state index in [0.29, 0.717) is 32.0 Å². The number of carbonyl (C=O) groups excluding carboxylic acids is 2. The second-order valence-electron chi connectivity index (χ2n) is 12.3. The molecular formula is C32H41N5O6S. The lowest BCUT2D eigenvalue weighted by Gasteiger charge is -2.38. The fourth-order valence-electron chi connectivity index (χ4n) is 6.83. The van der Waals surface area contributed by atoms with E-state index in [1.165, 1.54) is 26.1 Å². The van der Waals surface area contributed by atoms with Gasteiger partial charge in [0.2, 0.25) is 0 Å². The van der Waals surface area contributed by atoms with Gasteiger partial charge < -0.3 is 24.3 Å². The van der Waals surface area contributed by atoms with Crippen molar-refractivity contribution in [2.24, 2.45) is 0 Å². The minimum absolute atomic E-state index is 0.0544. The number of amides is 3. The number of benzene rings is 2. The van der Waals surface area contributed by atoms with Crippen molar-refractivity contribution in [3.05, 3.63) is 53.1 Å². The maximum absolute atomic E-state index is 13.3. The third-order valence-electron chi connectivity index (χ3n) is 9.31. The number of likely N-dealkylation sites (tertiary alicyclic amines) is 1. The zero-order valence-electron chi connectivity index (χ0n) is 25.8. The maximum atomic E-state index is 13.3. The molecule has 236 valence electrons. The third kappa shape index (κ3) is 5.66. The van der Waals surface area contributed by atoms with Crippen LogP contribution in [0, 0.1) is 0 Å². The number of hydrogen-bond donors (Lipinski definition) is 2. The summed E-state index contributed by atoms with van der Waals surface area (Å²) in [6, 6.07) is 11.2. The molecule has 2 aliphatic heterocycles. The fraction of sp³-hybridized carbons (Fsp3) is 0.500. The average Bonchev–Trinajstić information content (AvgIpc) is 3.20. The van der Waals surface area contributed by atoms with Crippen molar-refractivity contribution < 1.29 is 27.5 Å². The second-order valence-corrected chi connectivity index (χ2v) is 14.2. The smallest absolute Gasteiger partial charge is 0.317 e. The van der Waals surface area contributed by atoms with Crippen molar-refractivity contribution in [2.75, 3.05) is 41.4 Å². The fourth-order valence-corrected chi connectivity index (χ4v) is 7.37. The summed E-state index contributed by atoms with van der Waals surface area (Å²) in [7, 11) is 2.10. The Labute approximate surface area is 258 Å². The maximum Gasteiger partial charge on any atom is 0.317 e. The number of nitrogens with zero attached hydrogens (tertiary/aromatic N) is 3. The summed E-state index contributed by atoms with van der Waals surface area (Å²) in [5, 5.41) is 4.32. The molecule has 1 unspecified atom stereocenters. The summed E-state index contributed by atoms with van der Waals surface area (Å²) >= 11 is 0. The van der Waals surface area contributed by atoms with Crippen molar-refractivity contribution in [3.8, 4) is 17.0 Å². The molecule has 2 N–H and O–H groups in total. The van der Waals surface area contributed by atoms with Gasteiger partial charge in [0, 0.05) is 49.8 Å². The molecule has 0 bridgehead atoms. The van der Waals surface area contributed by atoms with Crippen LogP contribution in [0.25, 0.3) is 22.2 Å². The highest BCUT2D eigenvalue weighted by Crippen LogP contribution is 2.46. The van der Waals surface area contributed by atoms with E-state index in [2.05, 4.69) is 26.7 Å². The lowest BCUT2D eigenvalue weighted by atomic mass is 9.81. The molecule has 2 fully saturated rings. The minimum atomic E-state index is -3.96. The Balaban J connectivity index is 1.49. The number of hydrogen-bond acceptors (Lipinski definition) is 6. The van der Waals surface area contributed by atoms with Crippen LogP contribution >= 0.6 is 0 Å². The molecule has 1 atom stereocenters. The Bertz CT molecular complexity index is 1690. The molecule has 2 aromatic carbocycles. The first-order valence-corrected chi connectivity index (χ1v) is 16.7. The van der Waals surface area contributed by atoms with E-state index >= 15 is 0 Å². The third-order valence-corrected chi connectivity index (χ3v) is 10.7. The predicted molar refractivity (Wildman–Crippen MR) is 168 cm³/mol. The van der Waals surface area contributed by atoms with Gasteiger partial charge in [-0.05, 0) is 66.6 Å².